The van der Waals surface area contributed by atoms with Gasteiger partial charge in [-0.05, 0) is 28.7 Å². The van der Waals surface area contributed by atoms with E-state index >= 15 is 0 Å². The quantitative estimate of drug-likeness (QED) is 0.609. The maximum atomic E-state index is 13.3. The van der Waals surface area contributed by atoms with Crippen LogP contribution in [0.25, 0.3) is 0 Å². The van der Waals surface area contributed by atoms with E-state index in [1.165, 1.54) is 0 Å². The average molecular weight is 375 g/mol. The minimum absolute atomic E-state index is 0.143. The first kappa shape index (κ1) is 17.2. The monoisotopic (exact) mass is 375 g/mol. The van der Waals surface area contributed by atoms with Gasteiger partial charge in [0.1, 0.15) is 6.54 Å². The van der Waals surface area contributed by atoms with Gasteiger partial charge in [-0.1, -0.05) is 55.5 Å². The van der Waals surface area contributed by atoms with Crippen LogP contribution >= 0.6 is 0 Å². The second kappa shape index (κ2) is 6.30. The zero-order valence-electron chi connectivity index (χ0n) is 15.6. The van der Waals surface area contributed by atoms with Crippen LogP contribution in [0.4, 0.5) is 0 Å². The molecule has 0 spiro atoms. The van der Waals surface area contributed by atoms with Gasteiger partial charge in [0, 0.05) is 11.8 Å². The Hall–Kier alpha value is -2.95. The third-order valence-corrected chi connectivity index (χ3v) is 6.29. The van der Waals surface area contributed by atoms with Crippen molar-refractivity contribution in [1.82, 2.24) is 4.90 Å². The highest BCUT2D eigenvalue weighted by atomic mass is 16.5. The molecule has 2 aromatic rings. The van der Waals surface area contributed by atoms with Crippen molar-refractivity contribution in [2.75, 3.05) is 13.2 Å². The molecule has 1 fully saturated rings. The maximum Gasteiger partial charge on any atom is 0.326 e. The molecule has 2 bridgehead atoms. The number of carbonyl (C=O) groups is 3. The Morgan fingerprint density at radius 2 is 1.29 bits per heavy atom. The fourth-order valence-electron chi connectivity index (χ4n) is 5.29. The number of benzene rings is 2. The molecule has 2 atom stereocenters. The molecule has 5 nitrogen and oxygen atoms in total. The molecule has 1 saturated heterocycles. The summed E-state index contributed by atoms with van der Waals surface area (Å²) in [5, 5.41) is 0. The SMILES string of the molecule is CCCOC(=O)CN1C(=O)[C@@H]2C3c4ccccc4C(c4ccccc43)[C@@H]2C1=O. The fraction of sp³-hybridized carbons (Fsp3) is 0.348. The molecule has 0 N–H and O–H groups in total. The predicted molar refractivity (Wildman–Crippen MR) is 102 cm³/mol. The number of amides is 2. The standard InChI is InChI=1S/C23H21NO4/c1-2-11-28-17(25)12-24-22(26)20-18-13-7-3-4-8-14(13)19(21(20)23(24)27)16-10-6-5-9-15(16)18/h3-10,18-21H,2,11-12H2,1H3/t18?,19?,20-,21+. The van der Waals surface area contributed by atoms with E-state index in [1.54, 1.807) is 0 Å². The lowest BCUT2D eigenvalue weighted by atomic mass is 9.55. The van der Waals surface area contributed by atoms with Crippen molar-refractivity contribution in [3.05, 3.63) is 70.8 Å². The Bertz CT molecular complexity index is 882. The van der Waals surface area contributed by atoms with Crippen molar-refractivity contribution in [1.29, 1.82) is 0 Å². The molecule has 2 aromatic carbocycles. The Morgan fingerprint density at radius 3 is 1.68 bits per heavy atom. The summed E-state index contributed by atoms with van der Waals surface area (Å²) in [6.07, 6.45) is 0.702. The Labute approximate surface area is 163 Å². The molecule has 0 unspecified atom stereocenters. The van der Waals surface area contributed by atoms with E-state index in [4.69, 9.17) is 4.74 Å². The molecule has 0 radical (unpaired) electrons. The number of esters is 1. The molecular formula is C23H21NO4. The van der Waals surface area contributed by atoms with Gasteiger partial charge in [-0.25, -0.2) is 0 Å². The Morgan fingerprint density at radius 1 is 0.857 bits per heavy atom. The van der Waals surface area contributed by atoms with Gasteiger partial charge in [0.05, 0.1) is 18.4 Å². The fourth-order valence-corrected chi connectivity index (χ4v) is 5.29. The third-order valence-electron chi connectivity index (χ3n) is 6.29. The first-order valence-electron chi connectivity index (χ1n) is 9.82. The van der Waals surface area contributed by atoms with Crippen LogP contribution in [0.2, 0.25) is 0 Å². The lowest BCUT2D eigenvalue weighted by Gasteiger charge is -2.45. The molecule has 0 saturated carbocycles. The third kappa shape index (κ3) is 2.22. The second-order valence-corrected chi connectivity index (χ2v) is 7.75. The number of ether oxygens (including phenoxy) is 1. The van der Waals surface area contributed by atoms with Crippen LogP contribution in [-0.4, -0.2) is 35.8 Å². The summed E-state index contributed by atoms with van der Waals surface area (Å²) >= 11 is 0. The van der Waals surface area contributed by atoms with Gasteiger partial charge in [0.15, 0.2) is 0 Å². The van der Waals surface area contributed by atoms with Crippen LogP contribution < -0.4 is 0 Å². The van der Waals surface area contributed by atoms with Gasteiger partial charge >= 0.3 is 5.97 Å². The first-order valence-corrected chi connectivity index (χ1v) is 9.82. The van der Waals surface area contributed by atoms with E-state index in [2.05, 4.69) is 24.3 Å². The molecule has 1 heterocycles. The highest BCUT2D eigenvalue weighted by molar-refractivity contribution is 6.09. The molecule has 28 heavy (non-hydrogen) atoms. The summed E-state index contributed by atoms with van der Waals surface area (Å²) in [4.78, 5) is 39.8. The molecule has 4 aliphatic rings. The minimum Gasteiger partial charge on any atom is -0.464 e. The zero-order chi connectivity index (χ0) is 19.4. The van der Waals surface area contributed by atoms with Gasteiger partial charge < -0.3 is 4.74 Å². The van der Waals surface area contributed by atoms with Crippen LogP contribution in [0.5, 0.6) is 0 Å². The number of imide groups is 1. The predicted octanol–water partition coefficient (Wildman–Crippen LogP) is 2.83. The highest BCUT2D eigenvalue weighted by Gasteiger charge is 2.61. The number of hydrogen-bond acceptors (Lipinski definition) is 4. The van der Waals surface area contributed by atoms with Gasteiger partial charge in [0.25, 0.3) is 0 Å². The van der Waals surface area contributed by atoms with Crippen molar-refractivity contribution in [3.8, 4) is 0 Å². The van der Waals surface area contributed by atoms with Gasteiger partial charge in [-0.3, -0.25) is 19.3 Å². The lowest BCUT2D eigenvalue weighted by molar-refractivity contribution is -0.153. The van der Waals surface area contributed by atoms with E-state index in [-0.39, 0.29) is 30.2 Å². The molecule has 3 aliphatic carbocycles. The normalized spacial score (nSPS) is 26.7. The first-order chi connectivity index (χ1) is 13.6. The van der Waals surface area contributed by atoms with Gasteiger partial charge in [0.2, 0.25) is 11.8 Å². The molecule has 0 aromatic heterocycles. The molecule has 2 amide bonds. The van der Waals surface area contributed by atoms with Crippen molar-refractivity contribution < 1.29 is 19.1 Å². The van der Waals surface area contributed by atoms with E-state index < -0.39 is 17.8 Å². The minimum atomic E-state index is -0.524. The molecule has 1 aliphatic heterocycles. The maximum absolute atomic E-state index is 13.3. The summed E-state index contributed by atoms with van der Waals surface area (Å²) in [7, 11) is 0. The average Bonchev–Trinajstić information content (AvgIpc) is 2.97. The highest BCUT2D eigenvalue weighted by Crippen LogP contribution is 2.60. The second-order valence-electron chi connectivity index (χ2n) is 7.75. The van der Waals surface area contributed by atoms with Crippen LogP contribution in [0, 0.1) is 11.8 Å². The summed E-state index contributed by atoms with van der Waals surface area (Å²) in [5.41, 5.74) is 4.51. The van der Waals surface area contributed by atoms with Gasteiger partial charge in [-0.15, -0.1) is 0 Å². The van der Waals surface area contributed by atoms with Crippen LogP contribution in [-0.2, 0) is 19.1 Å². The van der Waals surface area contributed by atoms with Crippen molar-refractivity contribution in [3.63, 3.8) is 0 Å². The summed E-state index contributed by atoms with van der Waals surface area (Å²) in [5.74, 6) is -2.19. The molecule has 6 rings (SSSR count). The number of nitrogens with zero attached hydrogens (tertiary/aromatic N) is 1. The summed E-state index contributed by atoms with van der Waals surface area (Å²) in [6, 6.07) is 16.2. The topological polar surface area (TPSA) is 63.7 Å². The van der Waals surface area contributed by atoms with Crippen LogP contribution in [0.3, 0.4) is 0 Å². The Balaban J connectivity index is 1.58. The molecule has 5 heteroatoms. The van der Waals surface area contributed by atoms with Crippen LogP contribution in [0.1, 0.15) is 47.4 Å². The number of carbonyl (C=O) groups excluding carboxylic acids is 3. The van der Waals surface area contributed by atoms with E-state index in [0.717, 1.165) is 27.2 Å². The van der Waals surface area contributed by atoms with Crippen LogP contribution in [0.15, 0.2) is 48.5 Å². The van der Waals surface area contributed by atoms with Gasteiger partial charge in [-0.2, -0.15) is 0 Å². The Kier molecular flexibility index (Phi) is 3.86. The smallest absolute Gasteiger partial charge is 0.326 e. The zero-order valence-corrected chi connectivity index (χ0v) is 15.6. The number of likely N-dealkylation sites (tertiary alicyclic amines) is 1. The largest absolute Gasteiger partial charge is 0.464 e. The molecular weight excluding hydrogens is 354 g/mol. The van der Waals surface area contributed by atoms with Crippen molar-refractivity contribution in [2.45, 2.75) is 25.2 Å². The number of hydrogen-bond donors (Lipinski definition) is 0. The molecule has 142 valence electrons. The number of rotatable bonds is 4. The van der Waals surface area contributed by atoms with E-state index in [1.807, 2.05) is 31.2 Å². The van der Waals surface area contributed by atoms with E-state index in [9.17, 15) is 14.4 Å². The summed E-state index contributed by atoms with van der Waals surface area (Å²) < 4.78 is 5.11. The van der Waals surface area contributed by atoms with Crippen molar-refractivity contribution in [2.24, 2.45) is 11.8 Å². The lowest BCUT2D eigenvalue weighted by Crippen LogP contribution is -2.41. The van der Waals surface area contributed by atoms with E-state index in [0.29, 0.717) is 13.0 Å². The van der Waals surface area contributed by atoms with Crippen molar-refractivity contribution >= 4 is 17.8 Å². The summed E-state index contributed by atoms with van der Waals surface area (Å²) in [6.45, 7) is 1.90.